The first-order chi connectivity index (χ1) is 18.3. The fraction of sp³-hybridized carbons (Fsp3) is 0.321. The van der Waals surface area contributed by atoms with Crippen LogP contribution in [0.2, 0.25) is 0 Å². The second kappa shape index (κ2) is 11.7. The molecule has 2 aliphatic heterocycles. The first-order valence-electron chi connectivity index (χ1n) is 12.1. The Labute approximate surface area is 219 Å². The smallest absolute Gasteiger partial charge is 0.337 e. The Morgan fingerprint density at radius 1 is 1.16 bits per heavy atom. The number of esters is 2. The zero-order valence-electron chi connectivity index (χ0n) is 21.1. The van der Waals surface area contributed by atoms with Gasteiger partial charge in [0.2, 0.25) is 0 Å². The number of nitrogens with one attached hydrogen (secondary N) is 1. The van der Waals surface area contributed by atoms with Crippen molar-refractivity contribution in [3.05, 3.63) is 97.9 Å². The summed E-state index contributed by atoms with van der Waals surface area (Å²) in [6.07, 6.45) is 2.50. The highest BCUT2D eigenvalue weighted by atomic mass is 16.6. The highest BCUT2D eigenvalue weighted by Gasteiger charge is 2.39. The lowest BCUT2D eigenvalue weighted by Gasteiger charge is -2.29. The first-order valence-corrected chi connectivity index (χ1v) is 12.1. The number of rotatable bonds is 10. The molecule has 4 rings (SSSR count). The van der Waals surface area contributed by atoms with E-state index in [2.05, 4.69) is 17.4 Å². The van der Waals surface area contributed by atoms with Crippen molar-refractivity contribution in [3.63, 3.8) is 0 Å². The van der Waals surface area contributed by atoms with E-state index >= 15 is 0 Å². The monoisotopic (exact) mass is 517 g/mol. The number of non-ortho nitro benzene ring substituents is 1. The summed E-state index contributed by atoms with van der Waals surface area (Å²) in [7, 11) is 1.16. The standard InChI is InChI=1S/C28H27N3O7/c1-17-24(28(33)37-12-4-5-18-8-10-19(11-9-18)13-22-16-38-22)25(20-6-3-7-21(14-20)31(34)35)26(27(32)36-2)23(15-29)30-17/h3,6-11,14,22,25,30H,4-5,12-13,16H2,1-2H3. The summed E-state index contributed by atoms with van der Waals surface area (Å²) in [5.41, 5.74) is 2.57. The van der Waals surface area contributed by atoms with Crippen LogP contribution in [0.4, 0.5) is 5.69 Å². The van der Waals surface area contributed by atoms with E-state index in [0.29, 0.717) is 24.6 Å². The van der Waals surface area contributed by atoms with Crippen LogP contribution in [0.25, 0.3) is 0 Å². The highest BCUT2D eigenvalue weighted by molar-refractivity contribution is 6.00. The summed E-state index contributed by atoms with van der Waals surface area (Å²) in [5.74, 6) is -2.61. The molecule has 2 aromatic rings. The lowest BCUT2D eigenvalue weighted by atomic mass is 9.80. The maximum atomic E-state index is 13.3. The van der Waals surface area contributed by atoms with Gasteiger partial charge >= 0.3 is 11.9 Å². The van der Waals surface area contributed by atoms with Gasteiger partial charge in [-0.1, -0.05) is 36.4 Å². The Morgan fingerprint density at radius 3 is 2.50 bits per heavy atom. The average Bonchev–Trinajstić information content (AvgIpc) is 3.74. The summed E-state index contributed by atoms with van der Waals surface area (Å²) in [4.78, 5) is 36.9. The summed E-state index contributed by atoms with van der Waals surface area (Å²) in [6.45, 7) is 2.52. The Morgan fingerprint density at radius 2 is 1.87 bits per heavy atom. The van der Waals surface area contributed by atoms with Crippen LogP contribution < -0.4 is 5.32 Å². The van der Waals surface area contributed by atoms with E-state index in [1.807, 2.05) is 18.2 Å². The molecule has 0 bridgehead atoms. The number of aryl methyl sites for hydroxylation is 1. The SMILES string of the molecule is COC(=O)C1=C(C#N)NC(C)=C(C(=O)OCCCc2ccc(CC3CO3)cc2)C1c1cccc([N+](=O)[O-])c1. The zero-order chi connectivity index (χ0) is 27.2. The molecule has 2 aromatic carbocycles. The lowest BCUT2D eigenvalue weighted by molar-refractivity contribution is -0.384. The van der Waals surface area contributed by atoms with E-state index in [1.54, 1.807) is 13.0 Å². The molecule has 0 aromatic heterocycles. The Bertz CT molecular complexity index is 1350. The molecule has 10 nitrogen and oxygen atoms in total. The van der Waals surface area contributed by atoms with Crippen molar-refractivity contribution >= 4 is 17.6 Å². The van der Waals surface area contributed by atoms with Gasteiger partial charge in [0.25, 0.3) is 5.69 Å². The van der Waals surface area contributed by atoms with E-state index in [9.17, 15) is 25.0 Å². The van der Waals surface area contributed by atoms with Gasteiger partial charge in [0, 0.05) is 24.3 Å². The summed E-state index contributed by atoms with van der Waals surface area (Å²) in [6, 6.07) is 15.8. The topological polar surface area (TPSA) is 144 Å². The molecule has 2 aliphatic rings. The summed E-state index contributed by atoms with van der Waals surface area (Å²) >= 11 is 0. The van der Waals surface area contributed by atoms with Crippen LogP contribution in [0, 0.1) is 21.4 Å². The second-order valence-corrected chi connectivity index (χ2v) is 9.06. The first kappa shape index (κ1) is 26.6. The normalized spacial score (nSPS) is 18.3. The molecule has 0 aliphatic carbocycles. The van der Waals surface area contributed by atoms with Crippen molar-refractivity contribution in [2.24, 2.45) is 0 Å². The van der Waals surface area contributed by atoms with Gasteiger partial charge in [-0.25, -0.2) is 9.59 Å². The third-order valence-electron chi connectivity index (χ3n) is 6.45. The van der Waals surface area contributed by atoms with E-state index in [-0.39, 0.29) is 34.7 Å². The largest absolute Gasteiger partial charge is 0.466 e. The van der Waals surface area contributed by atoms with Crippen molar-refractivity contribution < 1.29 is 28.7 Å². The average molecular weight is 518 g/mol. The predicted molar refractivity (Wildman–Crippen MR) is 135 cm³/mol. The number of epoxide rings is 1. The Balaban J connectivity index is 1.51. The molecule has 2 unspecified atom stereocenters. The molecule has 10 heteroatoms. The van der Waals surface area contributed by atoms with Gasteiger partial charge < -0.3 is 19.5 Å². The number of methoxy groups -OCH3 is 1. The van der Waals surface area contributed by atoms with Gasteiger partial charge in [-0.05, 0) is 36.5 Å². The van der Waals surface area contributed by atoms with Gasteiger partial charge in [-0.15, -0.1) is 0 Å². The third-order valence-corrected chi connectivity index (χ3v) is 6.45. The van der Waals surface area contributed by atoms with Crippen LogP contribution in [0.5, 0.6) is 0 Å². The number of ether oxygens (including phenoxy) is 3. The van der Waals surface area contributed by atoms with Crippen molar-refractivity contribution in [3.8, 4) is 6.07 Å². The molecule has 1 fully saturated rings. The van der Waals surface area contributed by atoms with E-state index in [0.717, 1.165) is 25.7 Å². The van der Waals surface area contributed by atoms with Crippen molar-refractivity contribution in [2.75, 3.05) is 20.3 Å². The number of nitriles is 1. The molecule has 2 atom stereocenters. The van der Waals surface area contributed by atoms with Crippen LogP contribution >= 0.6 is 0 Å². The van der Waals surface area contributed by atoms with Crippen LogP contribution in [-0.4, -0.2) is 43.3 Å². The van der Waals surface area contributed by atoms with Crippen molar-refractivity contribution in [1.82, 2.24) is 5.32 Å². The maximum absolute atomic E-state index is 13.3. The van der Waals surface area contributed by atoms with Gasteiger partial charge in [-0.3, -0.25) is 10.1 Å². The predicted octanol–water partition coefficient (Wildman–Crippen LogP) is 3.62. The number of carbonyl (C=O) groups is 2. The molecule has 38 heavy (non-hydrogen) atoms. The number of nitro benzene ring substituents is 1. The minimum absolute atomic E-state index is 0.0801. The molecule has 0 radical (unpaired) electrons. The quantitative estimate of drug-likeness (QED) is 0.164. The second-order valence-electron chi connectivity index (χ2n) is 9.06. The fourth-order valence-corrected chi connectivity index (χ4v) is 4.48. The number of hydrogen-bond acceptors (Lipinski definition) is 9. The number of carbonyl (C=O) groups excluding carboxylic acids is 2. The number of dihydropyridines is 1. The third kappa shape index (κ3) is 6.07. The number of nitrogens with zero attached hydrogens (tertiary/aromatic N) is 2. The minimum atomic E-state index is -1.09. The molecule has 2 heterocycles. The molecule has 196 valence electrons. The lowest BCUT2D eigenvalue weighted by Crippen LogP contribution is -2.32. The van der Waals surface area contributed by atoms with E-state index in [1.165, 1.54) is 23.8 Å². The number of nitro groups is 1. The van der Waals surface area contributed by atoms with Crippen molar-refractivity contribution in [2.45, 2.75) is 38.2 Å². The number of allylic oxidation sites excluding steroid dienone is 2. The maximum Gasteiger partial charge on any atom is 0.337 e. The zero-order valence-corrected chi connectivity index (χ0v) is 21.1. The van der Waals surface area contributed by atoms with Crippen LogP contribution in [0.15, 0.2) is 71.1 Å². The van der Waals surface area contributed by atoms with E-state index in [4.69, 9.17) is 14.2 Å². The molecule has 0 amide bonds. The molecule has 1 N–H and O–H groups in total. The molecule has 0 saturated carbocycles. The molecular formula is C28H27N3O7. The van der Waals surface area contributed by atoms with Crippen molar-refractivity contribution in [1.29, 1.82) is 5.26 Å². The van der Waals surface area contributed by atoms with E-state index < -0.39 is 22.8 Å². The summed E-state index contributed by atoms with van der Waals surface area (Å²) < 4.78 is 15.7. The molecule has 0 spiro atoms. The highest BCUT2D eigenvalue weighted by Crippen LogP contribution is 2.40. The molecule has 1 saturated heterocycles. The fourth-order valence-electron chi connectivity index (χ4n) is 4.48. The van der Waals surface area contributed by atoms with Crippen LogP contribution in [-0.2, 0) is 36.6 Å². The number of benzene rings is 2. The summed E-state index contributed by atoms with van der Waals surface area (Å²) in [5, 5.41) is 23.9. The van der Waals surface area contributed by atoms with Crippen LogP contribution in [0.3, 0.4) is 0 Å². The minimum Gasteiger partial charge on any atom is -0.466 e. The van der Waals surface area contributed by atoms with Crippen LogP contribution in [0.1, 0.15) is 36.0 Å². The van der Waals surface area contributed by atoms with Gasteiger partial charge in [0.15, 0.2) is 0 Å². The Kier molecular flexibility index (Phi) is 8.19. The van der Waals surface area contributed by atoms with Gasteiger partial charge in [0.05, 0.1) is 48.4 Å². The Hall–Kier alpha value is -4.49. The van der Waals surface area contributed by atoms with Gasteiger partial charge in [0.1, 0.15) is 11.8 Å². The molecular weight excluding hydrogens is 490 g/mol. The number of hydrogen-bond donors (Lipinski definition) is 1. The van der Waals surface area contributed by atoms with Gasteiger partial charge in [-0.2, -0.15) is 5.26 Å².